The number of aryl methyl sites for hydroxylation is 2. The monoisotopic (exact) mass is 384 g/mol. The number of hydrogen-bond donors (Lipinski definition) is 2. The van der Waals surface area contributed by atoms with Crippen LogP contribution in [0.15, 0.2) is 29.3 Å². The number of para-hydroxylation sites is 2. The van der Waals surface area contributed by atoms with Crippen LogP contribution in [0.25, 0.3) is 11.0 Å². The summed E-state index contributed by atoms with van der Waals surface area (Å²) in [6, 6.07) is 8.35. The number of likely N-dealkylation sites (tertiary alicyclic amines) is 1. The van der Waals surface area contributed by atoms with Gasteiger partial charge in [-0.1, -0.05) is 19.1 Å². The van der Waals surface area contributed by atoms with Gasteiger partial charge in [-0.3, -0.25) is 4.99 Å². The summed E-state index contributed by atoms with van der Waals surface area (Å²) in [7, 11) is 1.85. The van der Waals surface area contributed by atoms with Gasteiger partial charge in [0.05, 0.1) is 11.0 Å². The lowest BCUT2D eigenvalue weighted by molar-refractivity contribution is 0.185. The maximum atomic E-state index is 4.64. The fraction of sp³-hybridized carbons (Fsp3) is 0.636. The van der Waals surface area contributed by atoms with Crippen LogP contribution in [0.2, 0.25) is 0 Å². The van der Waals surface area contributed by atoms with Gasteiger partial charge in [0.15, 0.2) is 5.96 Å². The standard InChI is InChI=1S/C22H36N6/c1-4-13-27-15-10-19(11-16-27)17-25-22(23-3)24-12-7-14-28-18(2)26-20-8-5-6-9-21(20)28/h5-6,8-9,19H,4,7,10-17H2,1-3H3,(H2,23,24,25). The Bertz CT molecular complexity index is 757. The van der Waals surface area contributed by atoms with Crippen molar-refractivity contribution in [2.75, 3.05) is 39.8 Å². The van der Waals surface area contributed by atoms with Gasteiger partial charge in [0, 0.05) is 26.7 Å². The van der Waals surface area contributed by atoms with E-state index in [0.29, 0.717) is 0 Å². The predicted molar refractivity (Wildman–Crippen MR) is 118 cm³/mol. The number of piperidine rings is 1. The Kier molecular flexibility index (Phi) is 7.71. The number of hydrogen-bond acceptors (Lipinski definition) is 3. The first-order valence-electron chi connectivity index (χ1n) is 10.8. The van der Waals surface area contributed by atoms with E-state index in [2.05, 4.69) is 62.1 Å². The molecule has 0 unspecified atom stereocenters. The summed E-state index contributed by atoms with van der Waals surface area (Å²) in [4.78, 5) is 11.6. The zero-order valence-corrected chi connectivity index (χ0v) is 17.7. The van der Waals surface area contributed by atoms with E-state index in [-0.39, 0.29) is 0 Å². The molecular weight excluding hydrogens is 348 g/mol. The molecule has 0 bridgehead atoms. The molecule has 1 aliphatic rings. The number of guanidine groups is 1. The third kappa shape index (κ3) is 5.47. The molecule has 0 amide bonds. The SMILES string of the molecule is CCCN1CCC(CNC(=NC)NCCCn2c(C)nc3ccccc32)CC1. The number of benzene rings is 1. The van der Waals surface area contributed by atoms with Gasteiger partial charge in [-0.05, 0) is 70.3 Å². The van der Waals surface area contributed by atoms with Gasteiger partial charge in [-0.15, -0.1) is 0 Å². The van der Waals surface area contributed by atoms with Gasteiger partial charge >= 0.3 is 0 Å². The predicted octanol–water partition coefficient (Wildman–Crippen LogP) is 3.02. The molecule has 1 saturated heterocycles. The molecule has 2 N–H and O–H groups in total. The highest BCUT2D eigenvalue weighted by atomic mass is 15.2. The Morgan fingerprint density at radius 1 is 1.18 bits per heavy atom. The van der Waals surface area contributed by atoms with E-state index in [1.165, 1.54) is 44.4 Å². The second-order valence-electron chi connectivity index (χ2n) is 7.82. The van der Waals surface area contributed by atoms with Crippen molar-refractivity contribution >= 4 is 17.0 Å². The van der Waals surface area contributed by atoms with Gasteiger partial charge in [-0.25, -0.2) is 4.98 Å². The summed E-state index contributed by atoms with van der Waals surface area (Å²) in [5, 5.41) is 6.98. The molecule has 0 saturated carbocycles. The normalized spacial score (nSPS) is 16.6. The Morgan fingerprint density at radius 2 is 1.96 bits per heavy atom. The van der Waals surface area contributed by atoms with Crippen LogP contribution in [0.4, 0.5) is 0 Å². The van der Waals surface area contributed by atoms with E-state index in [0.717, 1.165) is 49.3 Å². The topological polar surface area (TPSA) is 57.5 Å². The molecule has 154 valence electrons. The molecule has 0 spiro atoms. The molecule has 1 aliphatic heterocycles. The Hall–Kier alpha value is -2.08. The first kappa shape index (κ1) is 20.6. The summed E-state index contributed by atoms with van der Waals surface area (Å²) in [5.41, 5.74) is 2.30. The molecule has 1 aromatic heterocycles. The summed E-state index contributed by atoms with van der Waals surface area (Å²) < 4.78 is 2.30. The van der Waals surface area contributed by atoms with Crippen LogP contribution in [-0.4, -0.2) is 60.2 Å². The summed E-state index contributed by atoms with van der Waals surface area (Å²) in [5.74, 6) is 2.76. The van der Waals surface area contributed by atoms with Crippen LogP contribution >= 0.6 is 0 Å². The lowest BCUT2D eigenvalue weighted by Crippen LogP contribution is -2.43. The van der Waals surface area contributed by atoms with E-state index in [4.69, 9.17) is 0 Å². The van der Waals surface area contributed by atoms with Crippen LogP contribution in [0.5, 0.6) is 0 Å². The second kappa shape index (κ2) is 10.5. The molecule has 6 nitrogen and oxygen atoms in total. The van der Waals surface area contributed by atoms with Crippen molar-refractivity contribution in [3.05, 3.63) is 30.1 Å². The maximum absolute atomic E-state index is 4.64. The van der Waals surface area contributed by atoms with Crippen molar-refractivity contribution in [3.63, 3.8) is 0 Å². The largest absolute Gasteiger partial charge is 0.356 e. The molecule has 1 fully saturated rings. The Labute approximate surface area is 169 Å². The van der Waals surface area contributed by atoms with Crippen molar-refractivity contribution in [2.24, 2.45) is 10.9 Å². The smallest absolute Gasteiger partial charge is 0.190 e. The first-order valence-corrected chi connectivity index (χ1v) is 10.8. The van der Waals surface area contributed by atoms with Crippen molar-refractivity contribution in [1.82, 2.24) is 25.1 Å². The summed E-state index contributed by atoms with van der Waals surface area (Å²) in [6.45, 7) is 11.0. The third-order valence-electron chi connectivity index (χ3n) is 5.73. The van der Waals surface area contributed by atoms with Crippen LogP contribution in [0.1, 0.15) is 38.4 Å². The van der Waals surface area contributed by atoms with E-state index < -0.39 is 0 Å². The maximum Gasteiger partial charge on any atom is 0.190 e. The average molecular weight is 385 g/mol. The average Bonchev–Trinajstić information content (AvgIpc) is 3.04. The number of aromatic nitrogens is 2. The molecule has 6 heteroatoms. The first-order chi connectivity index (χ1) is 13.7. The van der Waals surface area contributed by atoms with Gasteiger partial charge in [0.1, 0.15) is 5.82 Å². The zero-order chi connectivity index (χ0) is 19.8. The van der Waals surface area contributed by atoms with Gasteiger partial charge in [-0.2, -0.15) is 0 Å². The fourth-order valence-corrected chi connectivity index (χ4v) is 4.11. The van der Waals surface area contributed by atoms with Crippen molar-refractivity contribution < 1.29 is 0 Å². The fourth-order valence-electron chi connectivity index (χ4n) is 4.11. The Morgan fingerprint density at radius 3 is 2.71 bits per heavy atom. The van der Waals surface area contributed by atoms with E-state index in [1.54, 1.807) is 0 Å². The number of imidazole rings is 1. The summed E-state index contributed by atoms with van der Waals surface area (Å²) in [6.07, 6.45) is 4.87. The van der Waals surface area contributed by atoms with E-state index in [1.807, 2.05) is 13.1 Å². The Balaban J connectivity index is 1.37. The molecule has 0 radical (unpaired) electrons. The molecule has 1 aromatic carbocycles. The van der Waals surface area contributed by atoms with Crippen LogP contribution in [-0.2, 0) is 6.54 Å². The number of fused-ring (bicyclic) bond motifs is 1. The second-order valence-corrected chi connectivity index (χ2v) is 7.82. The molecule has 28 heavy (non-hydrogen) atoms. The van der Waals surface area contributed by atoms with Crippen LogP contribution in [0, 0.1) is 12.8 Å². The highest BCUT2D eigenvalue weighted by Gasteiger charge is 2.18. The number of rotatable bonds is 8. The van der Waals surface area contributed by atoms with Crippen molar-refractivity contribution in [2.45, 2.75) is 46.1 Å². The lowest BCUT2D eigenvalue weighted by Gasteiger charge is -2.32. The minimum Gasteiger partial charge on any atom is -0.356 e. The number of nitrogens with one attached hydrogen (secondary N) is 2. The highest BCUT2D eigenvalue weighted by molar-refractivity contribution is 5.79. The van der Waals surface area contributed by atoms with Crippen LogP contribution < -0.4 is 10.6 Å². The molecule has 2 heterocycles. The zero-order valence-electron chi connectivity index (χ0n) is 17.7. The lowest BCUT2D eigenvalue weighted by atomic mass is 9.97. The minimum absolute atomic E-state index is 0.756. The van der Waals surface area contributed by atoms with Crippen molar-refractivity contribution in [1.29, 1.82) is 0 Å². The van der Waals surface area contributed by atoms with Gasteiger partial charge < -0.3 is 20.1 Å². The van der Waals surface area contributed by atoms with E-state index in [9.17, 15) is 0 Å². The summed E-state index contributed by atoms with van der Waals surface area (Å²) >= 11 is 0. The van der Waals surface area contributed by atoms with Gasteiger partial charge in [0.25, 0.3) is 0 Å². The van der Waals surface area contributed by atoms with Gasteiger partial charge in [0.2, 0.25) is 0 Å². The number of nitrogens with zero attached hydrogens (tertiary/aromatic N) is 4. The molecule has 3 rings (SSSR count). The molecular formula is C22H36N6. The highest BCUT2D eigenvalue weighted by Crippen LogP contribution is 2.17. The van der Waals surface area contributed by atoms with Crippen LogP contribution in [0.3, 0.4) is 0 Å². The minimum atomic E-state index is 0.756. The van der Waals surface area contributed by atoms with Crippen molar-refractivity contribution in [3.8, 4) is 0 Å². The third-order valence-corrected chi connectivity index (χ3v) is 5.73. The molecule has 0 aliphatic carbocycles. The molecule has 0 atom stereocenters. The quantitative estimate of drug-likeness (QED) is 0.417. The molecule has 2 aromatic rings. The van der Waals surface area contributed by atoms with E-state index >= 15 is 0 Å². The number of aliphatic imine (C=N–C) groups is 1.